The van der Waals surface area contributed by atoms with Gasteiger partial charge in [0.15, 0.2) is 0 Å². The van der Waals surface area contributed by atoms with Crippen LogP contribution < -0.4 is 15.4 Å². The van der Waals surface area contributed by atoms with Crippen molar-refractivity contribution in [2.24, 2.45) is 0 Å². The molecule has 5 heteroatoms. The Balaban J connectivity index is 1.70. The predicted molar refractivity (Wildman–Crippen MR) is 103 cm³/mol. The molecule has 0 spiro atoms. The lowest BCUT2D eigenvalue weighted by atomic mass is 10.1. The number of benzene rings is 2. The van der Waals surface area contributed by atoms with E-state index in [0.717, 1.165) is 24.1 Å². The molecule has 2 aromatic carbocycles. The van der Waals surface area contributed by atoms with E-state index in [1.165, 1.54) is 17.5 Å². The first-order chi connectivity index (χ1) is 12.0. The van der Waals surface area contributed by atoms with Gasteiger partial charge >= 0.3 is 0 Å². The van der Waals surface area contributed by atoms with E-state index in [1.807, 2.05) is 26.0 Å². The second-order valence-electron chi connectivity index (χ2n) is 6.49. The van der Waals surface area contributed by atoms with Crippen molar-refractivity contribution in [2.45, 2.75) is 39.2 Å². The van der Waals surface area contributed by atoms with E-state index in [0.29, 0.717) is 16.5 Å². The normalized spacial score (nSPS) is 13.9. The Bertz CT molecular complexity index is 805. The average molecular weight is 359 g/mol. The first-order valence-electron chi connectivity index (χ1n) is 8.51. The van der Waals surface area contributed by atoms with Crippen LogP contribution in [0, 0.1) is 6.92 Å². The smallest absolute Gasteiger partial charge is 0.246 e. The monoisotopic (exact) mass is 358 g/mol. The maximum Gasteiger partial charge on any atom is 0.246 e. The third kappa shape index (κ3) is 3.90. The van der Waals surface area contributed by atoms with Gasteiger partial charge in [-0.05, 0) is 68.0 Å². The number of amides is 1. The van der Waals surface area contributed by atoms with Gasteiger partial charge in [0.1, 0.15) is 11.8 Å². The van der Waals surface area contributed by atoms with Gasteiger partial charge in [-0.3, -0.25) is 4.79 Å². The summed E-state index contributed by atoms with van der Waals surface area (Å²) in [5, 5.41) is 6.80. The van der Waals surface area contributed by atoms with Gasteiger partial charge in [0.25, 0.3) is 0 Å². The highest BCUT2D eigenvalue weighted by atomic mass is 35.5. The molecule has 1 aliphatic rings. The molecule has 0 fully saturated rings. The van der Waals surface area contributed by atoms with Gasteiger partial charge in [-0.15, -0.1) is 0 Å². The van der Waals surface area contributed by atoms with Gasteiger partial charge in [0, 0.05) is 16.8 Å². The number of nitrogens with one attached hydrogen (secondary N) is 2. The van der Waals surface area contributed by atoms with E-state index in [1.54, 1.807) is 13.2 Å². The largest absolute Gasteiger partial charge is 0.495 e. The molecule has 0 radical (unpaired) electrons. The summed E-state index contributed by atoms with van der Waals surface area (Å²) in [7, 11) is 1.56. The quantitative estimate of drug-likeness (QED) is 0.822. The number of carbonyl (C=O) groups is 1. The summed E-state index contributed by atoms with van der Waals surface area (Å²) < 4.78 is 5.31. The maximum absolute atomic E-state index is 12.6. The molecule has 1 aliphatic carbocycles. The molecular weight excluding hydrogens is 336 g/mol. The molecular formula is C20H23ClN2O2. The van der Waals surface area contributed by atoms with Gasteiger partial charge in [0.2, 0.25) is 5.91 Å². The van der Waals surface area contributed by atoms with Crippen molar-refractivity contribution in [1.82, 2.24) is 0 Å². The van der Waals surface area contributed by atoms with E-state index in [-0.39, 0.29) is 11.9 Å². The fraction of sp³-hybridized carbons (Fsp3) is 0.350. The second kappa shape index (κ2) is 7.36. The van der Waals surface area contributed by atoms with Crippen LogP contribution in [0.5, 0.6) is 5.75 Å². The topological polar surface area (TPSA) is 50.4 Å². The van der Waals surface area contributed by atoms with Crippen LogP contribution in [0.4, 0.5) is 11.4 Å². The van der Waals surface area contributed by atoms with E-state index >= 15 is 0 Å². The van der Waals surface area contributed by atoms with Crippen molar-refractivity contribution < 1.29 is 9.53 Å². The van der Waals surface area contributed by atoms with Crippen LogP contribution >= 0.6 is 11.6 Å². The average Bonchev–Trinajstić information content (AvgIpc) is 3.05. The molecule has 0 saturated carbocycles. The minimum atomic E-state index is -0.375. The minimum absolute atomic E-state index is 0.125. The molecule has 1 atom stereocenters. The van der Waals surface area contributed by atoms with E-state index in [9.17, 15) is 4.79 Å². The van der Waals surface area contributed by atoms with Gasteiger partial charge in [-0.2, -0.15) is 0 Å². The van der Waals surface area contributed by atoms with Crippen molar-refractivity contribution in [1.29, 1.82) is 0 Å². The van der Waals surface area contributed by atoms with Crippen molar-refractivity contribution in [3.8, 4) is 5.75 Å². The van der Waals surface area contributed by atoms with Crippen LogP contribution in [0.3, 0.4) is 0 Å². The van der Waals surface area contributed by atoms with Gasteiger partial charge < -0.3 is 15.4 Å². The number of ether oxygens (including phenoxy) is 1. The van der Waals surface area contributed by atoms with Crippen LogP contribution in [0.1, 0.15) is 30.0 Å². The zero-order valence-corrected chi connectivity index (χ0v) is 15.5. The Hall–Kier alpha value is -2.20. The SMILES string of the molecule is COc1cc(Cl)c(C)cc1NC(=O)C(C)Nc1ccc2c(c1)CCC2. The Morgan fingerprint density at radius 3 is 2.72 bits per heavy atom. The Morgan fingerprint density at radius 2 is 1.96 bits per heavy atom. The van der Waals surface area contributed by atoms with Crippen LogP contribution in [0.2, 0.25) is 5.02 Å². The highest BCUT2D eigenvalue weighted by molar-refractivity contribution is 6.31. The first-order valence-corrected chi connectivity index (χ1v) is 8.89. The van der Waals surface area contributed by atoms with Crippen molar-refractivity contribution in [3.05, 3.63) is 52.0 Å². The summed E-state index contributed by atoms with van der Waals surface area (Å²) in [6, 6.07) is 9.51. The molecule has 0 aromatic heterocycles. The zero-order valence-electron chi connectivity index (χ0n) is 14.8. The molecule has 0 aliphatic heterocycles. The fourth-order valence-corrected chi connectivity index (χ4v) is 3.30. The van der Waals surface area contributed by atoms with E-state index in [2.05, 4.69) is 22.8 Å². The highest BCUT2D eigenvalue weighted by Crippen LogP contribution is 2.31. The summed E-state index contributed by atoms with van der Waals surface area (Å²) in [6.07, 6.45) is 3.48. The van der Waals surface area contributed by atoms with Crippen molar-refractivity contribution in [3.63, 3.8) is 0 Å². The molecule has 2 N–H and O–H groups in total. The number of aryl methyl sites for hydroxylation is 3. The van der Waals surface area contributed by atoms with E-state index in [4.69, 9.17) is 16.3 Å². The van der Waals surface area contributed by atoms with Crippen molar-refractivity contribution >= 4 is 28.9 Å². The molecule has 2 aromatic rings. The Morgan fingerprint density at radius 1 is 1.20 bits per heavy atom. The van der Waals surface area contributed by atoms with Crippen LogP contribution in [0.25, 0.3) is 0 Å². The number of fused-ring (bicyclic) bond motifs is 1. The molecule has 4 nitrogen and oxygen atoms in total. The molecule has 3 rings (SSSR count). The summed E-state index contributed by atoms with van der Waals surface area (Å²) in [6.45, 7) is 3.74. The molecule has 0 saturated heterocycles. The third-order valence-corrected chi connectivity index (χ3v) is 5.02. The number of halogens is 1. The predicted octanol–water partition coefficient (Wildman–Crippen LogP) is 4.58. The molecule has 132 valence electrons. The van der Waals surface area contributed by atoms with Gasteiger partial charge in [-0.25, -0.2) is 0 Å². The molecule has 0 bridgehead atoms. The number of hydrogen-bond donors (Lipinski definition) is 2. The Labute approximate surface area is 153 Å². The first kappa shape index (κ1) is 17.6. The molecule has 1 unspecified atom stereocenters. The number of methoxy groups -OCH3 is 1. The lowest BCUT2D eigenvalue weighted by Crippen LogP contribution is -2.32. The summed E-state index contributed by atoms with van der Waals surface area (Å²) in [5.74, 6) is 0.425. The number of carbonyl (C=O) groups excluding carboxylic acids is 1. The highest BCUT2D eigenvalue weighted by Gasteiger charge is 2.17. The zero-order chi connectivity index (χ0) is 18.0. The summed E-state index contributed by atoms with van der Waals surface area (Å²) in [4.78, 5) is 12.6. The fourth-order valence-electron chi connectivity index (χ4n) is 3.15. The van der Waals surface area contributed by atoms with Crippen LogP contribution in [-0.2, 0) is 17.6 Å². The van der Waals surface area contributed by atoms with E-state index < -0.39 is 0 Å². The lowest BCUT2D eigenvalue weighted by molar-refractivity contribution is -0.116. The molecule has 0 heterocycles. The van der Waals surface area contributed by atoms with Gasteiger partial charge in [-0.1, -0.05) is 17.7 Å². The standard InChI is InChI=1S/C20H23ClN2O2/c1-12-9-18(19(25-3)11-17(12)21)23-20(24)13(2)22-16-8-7-14-5-4-6-15(14)10-16/h7-11,13,22H,4-6H2,1-3H3,(H,23,24). The molecule has 1 amide bonds. The minimum Gasteiger partial charge on any atom is -0.495 e. The summed E-state index contributed by atoms with van der Waals surface area (Å²) >= 11 is 6.11. The number of anilines is 2. The lowest BCUT2D eigenvalue weighted by Gasteiger charge is -2.18. The van der Waals surface area contributed by atoms with Crippen molar-refractivity contribution in [2.75, 3.05) is 17.7 Å². The van der Waals surface area contributed by atoms with Crippen LogP contribution in [-0.4, -0.2) is 19.1 Å². The van der Waals surface area contributed by atoms with Crippen LogP contribution in [0.15, 0.2) is 30.3 Å². The second-order valence-corrected chi connectivity index (χ2v) is 6.90. The number of rotatable bonds is 5. The van der Waals surface area contributed by atoms with Gasteiger partial charge in [0.05, 0.1) is 12.8 Å². The number of hydrogen-bond acceptors (Lipinski definition) is 3. The summed E-state index contributed by atoms with van der Waals surface area (Å²) in [5.41, 5.74) is 5.29. The maximum atomic E-state index is 12.6. The molecule has 25 heavy (non-hydrogen) atoms. The Kier molecular flexibility index (Phi) is 5.19. The third-order valence-electron chi connectivity index (χ3n) is 4.61.